The number of piperazine rings is 1. The van der Waals surface area contributed by atoms with E-state index in [2.05, 4.69) is 0 Å². The largest absolute Gasteiger partial charge is 0.466 e. The van der Waals surface area contributed by atoms with E-state index < -0.39 is 0 Å². The predicted molar refractivity (Wildman–Crippen MR) is 87.1 cm³/mol. The van der Waals surface area contributed by atoms with Gasteiger partial charge in [-0.25, -0.2) is 0 Å². The van der Waals surface area contributed by atoms with Gasteiger partial charge in [-0.15, -0.1) is 11.3 Å². The SMILES string of the molecule is CCOC(=O)CCC(=O)N1CCN(C(=O)Cc2cccs2)CC1. The van der Waals surface area contributed by atoms with Crippen LogP contribution in [0.25, 0.3) is 0 Å². The van der Waals surface area contributed by atoms with Crippen LogP contribution in [0.4, 0.5) is 0 Å². The van der Waals surface area contributed by atoms with Gasteiger partial charge in [0.25, 0.3) is 0 Å². The molecule has 0 spiro atoms. The maximum atomic E-state index is 12.2. The fourth-order valence-corrected chi connectivity index (χ4v) is 3.18. The van der Waals surface area contributed by atoms with Crippen molar-refractivity contribution < 1.29 is 19.1 Å². The van der Waals surface area contributed by atoms with Gasteiger partial charge in [0, 0.05) is 37.5 Å². The van der Waals surface area contributed by atoms with Crippen LogP contribution >= 0.6 is 11.3 Å². The highest BCUT2D eigenvalue weighted by atomic mass is 32.1. The van der Waals surface area contributed by atoms with Crippen LogP contribution in [0.5, 0.6) is 0 Å². The topological polar surface area (TPSA) is 66.9 Å². The van der Waals surface area contributed by atoms with Crippen molar-refractivity contribution >= 4 is 29.1 Å². The maximum absolute atomic E-state index is 12.2. The Morgan fingerprint density at radius 2 is 1.74 bits per heavy atom. The third-order valence-corrected chi connectivity index (χ3v) is 4.62. The lowest BCUT2D eigenvalue weighted by Crippen LogP contribution is -2.51. The number of thiophene rings is 1. The number of carbonyl (C=O) groups excluding carboxylic acids is 3. The van der Waals surface area contributed by atoms with E-state index in [0.29, 0.717) is 39.2 Å². The number of ether oxygens (including phenoxy) is 1. The summed E-state index contributed by atoms with van der Waals surface area (Å²) in [6, 6.07) is 3.89. The monoisotopic (exact) mass is 338 g/mol. The molecule has 126 valence electrons. The highest BCUT2D eigenvalue weighted by Crippen LogP contribution is 2.12. The van der Waals surface area contributed by atoms with Gasteiger partial charge in [0.05, 0.1) is 19.4 Å². The first kappa shape index (κ1) is 17.5. The first-order chi connectivity index (χ1) is 11.1. The van der Waals surface area contributed by atoms with Crippen LogP contribution in [0.2, 0.25) is 0 Å². The van der Waals surface area contributed by atoms with Crippen molar-refractivity contribution in [1.29, 1.82) is 0 Å². The second-order valence-electron chi connectivity index (χ2n) is 5.32. The van der Waals surface area contributed by atoms with E-state index in [0.717, 1.165) is 4.88 Å². The molecule has 1 fully saturated rings. The van der Waals surface area contributed by atoms with Gasteiger partial charge in [-0.05, 0) is 18.4 Å². The molecule has 7 heteroatoms. The molecule has 23 heavy (non-hydrogen) atoms. The number of esters is 1. The van der Waals surface area contributed by atoms with Crippen molar-refractivity contribution in [2.75, 3.05) is 32.8 Å². The van der Waals surface area contributed by atoms with Gasteiger partial charge in [-0.1, -0.05) is 6.07 Å². The lowest BCUT2D eigenvalue weighted by molar-refractivity contribution is -0.146. The molecule has 0 aromatic carbocycles. The van der Waals surface area contributed by atoms with Crippen LogP contribution in [0, 0.1) is 0 Å². The molecule has 0 saturated carbocycles. The van der Waals surface area contributed by atoms with Gasteiger partial charge >= 0.3 is 5.97 Å². The predicted octanol–water partition coefficient (Wildman–Crippen LogP) is 1.30. The van der Waals surface area contributed by atoms with Crippen molar-refractivity contribution in [2.24, 2.45) is 0 Å². The summed E-state index contributed by atoms with van der Waals surface area (Å²) in [6.07, 6.45) is 0.709. The average molecular weight is 338 g/mol. The average Bonchev–Trinajstić information content (AvgIpc) is 3.06. The van der Waals surface area contributed by atoms with E-state index in [1.165, 1.54) is 0 Å². The smallest absolute Gasteiger partial charge is 0.306 e. The summed E-state index contributed by atoms with van der Waals surface area (Å²) in [6.45, 7) is 4.23. The number of amides is 2. The highest BCUT2D eigenvalue weighted by molar-refractivity contribution is 7.10. The third kappa shape index (κ3) is 5.35. The minimum absolute atomic E-state index is 0.0524. The molecular formula is C16H22N2O4S. The van der Waals surface area contributed by atoms with Crippen LogP contribution in [0.1, 0.15) is 24.6 Å². The molecule has 6 nitrogen and oxygen atoms in total. The minimum Gasteiger partial charge on any atom is -0.466 e. The fraction of sp³-hybridized carbons (Fsp3) is 0.562. The summed E-state index contributed by atoms with van der Waals surface area (Å²) in [7, 11) is 0. The quantitative estimate of drug-likeness (QED) is 0.734. The Bertz CT molecular complexity index is 536. The zero-order chi connectivity index (χ0) is 16.7. The van der Waals surface area contributed by atoms with Crippen molar-refractivity contribution in [3.8, 4) is 0 Å². The molecular weight excluding hydrogens is 316 g/mol. The first-order valence-corrected chi connectivity index (χ1v) is 8.71. The summed E-state index contributed by atoms with van der Waals surface area (Å²) in [4.78, 5) is 40.1. The Balaban J connectivity index is 1.71. The standard InChI is InChI=1S/C16H22N2O4S/c1-2-22-16(21)6-5-14(19)17-7-9-18(10-8-17)15(20)12-13-4-3-11-23-13/h3-4,11H,2,5-10,12H2,1H3. The lowest BCUT2D eigenvalue weighted by Gasteiger charge is -2.34. The molecule has 2 rings (SSSR count). The molecule has 0 aliphatic carbocycles. The number of carbonyl (C=O) groups is 3. The van der Waals surface area contributed by atoms with E-state index in [-0.39, 0.29) is 30.6 Å². The number of hydrogen-bond acceptors (Lipinski definition) is 5. The fourth-order valence-electron chi connectivity index (χ4n) is 2.48. The normalized spacial score (nSPS) is 14.7. The second kappa shape index (κ2) is 8.67. The summed E-state index contributed by atoms with van der Waals surface area (Å²) in [5, 5.41) is 1.96. The van der Waals surface area contributed by atoms with E-state index >= 15 is 0 Å². The van der Waals surface area contributed by atoms with Crippen molar-refractivity contribution in [3.63, 3.8) is 0 Å². The molecule has 2 amide bonds. The van der Waals surface area contributed by atoms with Gasteiger partial charge < -0.3 is 14.5 Å². The van der Waals surface area contributed by atoms with Crippen molar-refractivity contribution in [3.05, 3.63) is 22.4 Å². The Kier molecular flexibility index (Phi) is 6.58. The van der Waals surface area contributed by atoms with Crippen molar-refractivity contribution in [1.82, 2.24) is 9.80 Å². The Labute approximate surface area is 140 Å². The summed E-state index contributed by atoms with van der Waals surface area (Å²) >= 11 is 1.58. The molecule has 0 bridgehead atoms. The lowest BCUT2D eigenvalue weighted by atomic mass is 10.2. The molecule has 1 aromatic rings. The van der Waals surface area contributed by atoms with E-state index in [4.69, 9.17) is 4.74 Å². The van der Waals surface area contributed by atoms with Gasteiger partial charge in [-0.2, -0.15) is 0 Å². The second-order valence-corrected chi connectivity index (χ2v) is 6.35. The summed E-state index contributed by atoms with van der Waals surface area (Å²) < 4.78 is 4.82. The maximum Gasteiger partial charge on any atom is 0.306 e. The molecule has 1 saturated heterocycles. The molecule has 2 heterocycles. The first-order valence-electron chi connectivity index (χ1n) is 7.83. The number of nitrogens with zero attached hydrogens (tertiary/aromatic N) is 2. The van der Waals surface area contributed by atoms with Gasteiger partial charge in [0.2, 0.25) is 11.8 Å². The summed E-state index contributed by atoms with van der Waals surface area (Å²) in [5.41, 5.74) is 0. The van der Waals surface area contributed by atoms with Gasteiger partial charge in [0.15, 0.2) is 0 Å². The highest BCUT2D eigenvalue weighted by Gasteiger charge is 2.24. The van der Waals surface area contributed by atoms with Crippen LogP contribution < -0.4 is 0 Å². The van der Waals surface area contributed by atoms with Crippen LogP contribution in [0.15, 0.2) is 17.5 Å². The molecule has 0 radical (unpaired) electrons. The van der Waals surface area contributed by atoms with Crippen LogP contribution in [-0.4, -0.2) is 60.4 Å². The van der Waals surface area contributed by atoms with Crippen molar-refractivity contribution in [2.45, 2.75) is 26.2 Å². The molecule has 1 aromatic heterocycles. The molecule has 0 atom stereocenters. The zero-order valence-corrected chi connectivity index (χ0v) is 14.1. The summed E-state index contributed by atoms with van der Waals surface area (Å²) in [5.74, 6) is -0.292. The molecule has 1 aliphatic heterocycles. The van der Waals surface area contributed by atoms with E-state index in [1.807, 2.05) is 17.5 Å². The van der Waals surface area contributed by atoms with Gasteiger partial charge in [0.1, 0.15) is 0 Å². The minimum atomic E-state index is -0.342. The third-order valence-electron chi connectivity index (χ3n) is 3.74. The molecule has 1 aliphatic rings. The van der Waals surface area contributed by atoms with E-state index in [1.54, 1.807) is 28.1 Å². The Morgan fingerprint density at radius 3 is 2.30 bits per heavy atom. The Morgan fingerprint density at radius 1 is 1.09 bits per heavy atom. The van der Waals surface area contributed by atoms with Gasteiger partial charge in [-0.3, -0.25) is 14.4 Å². The van der Waals surface area contributed by atoms with E-state index in [9.17, 15) is 14.4 Å². The number of rotatable bonds is 6. The molecule has 0 unspecified atom stereocenters. The van der Waals surface area contributed by atoms with Crippen LogP contribution in [0.3, 0.4) is 0 Å². The Hall–Kier alpha value is -1.89. The molecule has 0 N–H and O–H groups in total. The zero-order valence-electron chi connectivity index (χ0n) is 13.3. The van der Waals surface area contributed by atoms with Crippen LogP contribution in [-0.2, 0) is 25.5 Å². The number of hydrogen-bond donors (Lipinski definition) is 0.